The Morgan fingerprint density at radius 3 is 2.47 bits per heavy atom. The number of pyridine rings is 1. The maximum absolute atomic E-state index is 11.5. The van der Waals surface area contributed by atoms with Crippen LogP contribution < -0.4 is 0 Å². The molecule has 0 saturated carbocycles. The quantitative estimate of drug-likeness (QED) is 0.742. The van der Waals surface area contributed by atoms with Gasteiger partial charge in [0.15, 0.2) is 0 Å². The molecule has 0 N–H and O–H groups in total. The molecule has 0 aromatic carbocycles. The minimum Gasteiger partial charge on any atom is -0.466 e. The van der Waals surface area contributed by atoms with Gasteiger partial charge in [-0.2, -0.15) is 0 Å². The van der Waals surface area contributed by atoms with Gasteiger partial charge in [-0.1, -0.05) is 19.9 Å². The van der Waals surface area contributed by atoms with Crippen molar-refractivity contribution in [2.45, 2.75) is 20.0 Å². The Morgan fingerprint density at radius 1 is 1.29 bits per heavy atom. The Hall–Kier alpha value is -1.91. The highest BCUT2D eigenvalue weighted by molar-refractivity contribution is 5.81. The topological polar surface area (TPSA) is 65.5 Å². The monoisotopic (exact) mass is 237 g/mol. The van der Waals surface area contributed by atoms with Gasteiger partial charge in [-0.25, -0.2) is 4.79 Å². The van der Waals surface area contributed by atoms with Crippen molar-refractivity contribution in [1.82, 2.24) is 4.98 Å². The van der Waals surface area contributed by atoms with Crippen LogP contribution in [0.5, 0.6) is 0 Å². The first-order valence-corrected chi connectivity index (χ1v) is 5.24. The summed E-state index contributed by atoms with van der Waals surface area (Å²) in [5.74, 6) is -1.38. The number of carbonyl (C=O) groups excluding carboxylic acids is 2. The highest BCUT2D eigenvalue weighted by Gasteiger charge is 2.26. The summed E-state index contributed by atoms with van der Waals surface area (Å²) in [7, 11) is 1.24. The van der Waals surface area contributed by atoms with Crippen molar-refractivity contribution >= 4 is 11.9 Å². The Morgan fingerprint density at radius 2 is 2.00 bits per heavy atom. The smallest absolute Gasteiger partial charge is 0.352 e. The highest BCUT2D eigenvalue weighted by Crippen LogP contribution is 2.19. The number of esters is 2. The summed E-state index contributed by atoms with van der Waals surface area (Å²) >= 11 is 0. The molecular weight excluding hydrogens is 222 g/mol. The second-order valence-corrected chi connectivity index (χ2v) is 3.78. The lowest BCUT2D eigenvalue weighted by Gasteiger charge is -2.16. The van der Waals surface area contributed by atoms with Gasteiger partial charge >= 0.3 is 11.9 Å². The van der Waals surface area contributed by atoms with E-state index in [0.717, 1.165) is 0 Å². The number of nitrogens with zero attached hydrogens (tertiary/aromatic N) is 1. The molecule has 0 spiro atoms. The Bertz CT molecular complexity index is 389. The fourth-order valence-electron chi connectivity index (χ4n) is 1.14. The molecule has 17 heavy (non-hydrogen) atoms. The standard InChI is InChI=1S/C12H15NO4/c1-8(2)11(14)17-10(12(15)16-3)9-5-4-6-13-7-9/h4-8,10H,1-3H3. The zero-order chi connectivity index (χ0) is 12.8. The molecule has 0 aliphatic rings. The number of hydrogen-bond donors (Lipinski definition) is 0. The van der Waals surface area contributed by atoms with Gasteiger partial charge in [0.25, 0.3) is 0 Å². The van der Waals surface area contributed by atoms with E-state index in [1.165, 1.54) is 13.3 Å². The summed E-state index contributed by atoms with van der Waals surface area (Å²) in [4.78, 5) is 26.9. The predicted octanol–water partition coefficient (Wildman–Crippen LogP) is 1.49. The van der Waals surface area contributed by atoms with E-state index in [4.69, 9.17) is 4.74 Å². The largest absolute Gasteiger partial charge is 0.466 e. The van der Waals surface area contributed by atoms with Crippen LogP contribution in [-0.2, 0) is 19.1 Å². The van der Waals surface area contributed by atoms with Crippen molar-refractivity contribution in [3.8, 4) is 0 Å². The first-order chi connectivity index (χ1) is 8.06. The van der Waals surface area contributed by atoms with Crippen molar-refractivity contribution in [1.29, 1.82) is 0 Å². The summed E-state index contributed by atoms with van der Waals surface area (Å²) < 4.78 is 9.70. The molecule has 0 radical (unpaired) electrons. The van der Waals surface area contributed by atoms with E-state index in [1.807, 2.05) is 0 Å². The lowest BCUT2D eigenvalue weighted by molar-refractivity contribution is -0.168. The summed E-state index contributed by atoms with van der Waals surface area (Å²) in [6.45, 7) is 3.39. The SMILES string of the molecule is COC(=O)C(OC(=O)C(C)C)c1cccnc1. The van der Waals surface area contributed by atoms with E-state index < -0.39 is 18.0 Å². The van der Waals surface area contributed by atoms with E-state index in [9.17, 15) is 9.59 Å². The third-order valence-corrected chi connectivity index (χ3v) is 2.11. The van der Waals surface area contributed by atoms with E-state index >= 15 is 0 Å². The van der Waals surface area contributed by atoms with Crippen LogP contribution in [0.15, 0.2) is 24.5 Å². The van der Waals surface area contributed by atoms with Gasteiger partial charge in [-0.05, 0) is 6.07 Å². The van der Waals surface area contributed by atoms with Gasteiger partial charge in [0.1, 0.15) is 0 Å². The summed E-state index contributed by atoms with van der Waals surface area (Å²) in [6.07, 6.45) is 1.99. The summed E-state index contributed by atoms with van der Waals surface area (Å²) in [5, 5.41) is 0. The van der Waals surface area contributed by atoms with Crippen molar-refractivity contribution in [2.24, 2.45) is 5.92 Å². The van der Waals surface area contributed by atoms with Crippen molar-refractivity contribution in [3.05, 3.63) is 30.1 Å². The van der Waals surface area contributed by atoms with Gasteiger partial charge in [0, 0.05) is 18.0 Å². The zero-order valence-corrected chi connectivity index (χ0v) is 10.0. The molecule has 0 fully saturated rings. The third-order valence-electron chi connectivity index (χ3n) is 2.11. The van der Waals surface area contributed by atoms with Gasteiger partial charge in [-0.3, -0.25) is 9.78 Å². The first kappa shape index (κ1) is 13.2. The lowest BCUT2D eigenvalue weighted by atomic mass is 10.1. The molecular formula is C12H15NO4. The van der Waals surface area contributed by atoms with E-state index in [0.29, 0.717) is 5.56 Å². The maximum atomic E-state index is 11.5. The minimum absolute atomic E-state index is 0.307. The molecule has 0 bridgehead atoms. The second-order valence-electron chi connectivity index (χ2n) is 3.78. The average Bonchev–Trinajstić information content (AvgIpc) is 2.35. The van der Waals surface area contributed by atoms with Gasteiger partial charge in [0.2, 0.25) is 6.10 Å². The molecule has 1 unspecified atom stereocenters. The van der Waals surface area contributed by atoms with Gasteiger partial charge in [-0.15, -0.1) is 0 Å². The average molecular weight is 237 g/mol. The van der Waals surface area contributed by atoms with Crippen molar-refractivity contribution < 1.29 is 19.1 Å². The number of aromatic nitrogens is 1. The number of rotatable bonds is 4. The number of carbonyl (C=O) groups is 2. The molecule has 1 rings (SSSR count). The molecule has 1 aromatic rings. The second kappa shape index (κ2) is 5.98. The first-order valence-electron chi connectivity index (χ1n) is 5.24. The van der Waals surface area contributed by atoms with E-state index in [2.05, 4.69) is 9.72 Å². The molecule has 0 saturated heterocycles. The number of methoxy groups -OCH3 is 1. The fraction of sp³-hybridized carbons (Fsp3) is 0.417. The zero-order valence-electron chi connectivity index (χ0n) is 10.0. The molecule has 0 amide bonds. The lowest BCUT2D eigenvalue weighted by Crippen LogP contribution is -2.23. The van der Waals surface area contributed by atoms with Crippen molar-refractivity contribution in [2.75, 3.05) is 7.11 Å². The molecule has 0 aliphatic heterocycles. The highest BCUT2D eigenvalue weighted by atomic mass is 16.6. The molecule has 5 heteroatoms. The molecule has 92 valence electrons. The Balaban J connectivity index is 2.90. The molecule has 5 nitrogen and oxygen atoms in total. The predicted molar refractivity (Wildman–Crippen MR) is 59.9 cm³/mol. The maximum Gasteiger partial charge on any atom is 0.352 e. The number of ether oxygens (including phenoxy) is 2. The Kier molecular flexibility index (Phi) is 4.63. The minimum atomic E-state index is -1.05. The van der Waals surface area contributed by atoms with Gasteiger partial charge < -0.3 is 9.47 Å². The molecule has 0 aliphatic carbocycles. The van der Waals surface area contributed by atoms with Crippen molar-refractivity contribution in [3.63, 3.8) is 0 Å². The van der Waals surface area contributed by atoms with Crippen LogP contribution in [0.4, 0.5) is 0 Å². The van der Waals surface area contributed by atoms with Crippen LogP contribution in [-0.4, -0.2) is 24.0 Å². The number of hydrogen-bond acceptors (Lipinski definition) is 5. The van der Waals surface area contributed by atoms with Crippen LogP contribution in [0.25, 0.3) is 0 Å². The summed E-state index contributed by atoms with van der Waals surface area (Å²) in [5.41, 5.74) is 0.494. The van der Waals surface area contributed by atoms with Crippen LogP contribution >= 0.6 is 0 Å². The van der Waals surface area contributed by atoms with Crippen LogP contribution in [0.2, 0.25) is 0 Å². The third kappa shape index (κ3) is 3.55. The van der Waals surface area contributed by atoms with E-state index in [-0.39, 0.29) is 5.92 Å². The normalized spacial score (nSPS) is 12.0. The molecule has 1 atom stereocenters. The summed E-state index contributed by atoms with van der Waals surface area (Å²) in [6, 6.07) is 3.32. The molecule has 1 heterocycles. The molecule has 1 aromatic heterocycles. The fourth-order valence-corrected chi connectivity index (χ4v) is 1.14. The van der Waals surface area contributed by atoms with Crippen LogP contribution in [0, 0.1) is 5.92 Å². The van der Waals surface area contributed by atoms with Crippen LogP contribution in [0.3, 0.4) is 0 Å². The van der Waals surface area contributed by atoms with E-state index in [1.54, 1.807) is 32.2 Å². The Labute approximate surface area is 99.8 Å². The van der Waals surface area contributed by atoms with Crippen LogP contribution in [0.1, 0.15) is 25.5 Å². The van der Waals surface area contributed by atoms with Gasteiger partial charge in [0.05, 0.1) is 13.0 Å².